The first-order valence-electron chi connectivity index (χ1n) is 5.57. The van der Waals surface area contributed by atoms with Gasteiger partial charge in [-0.3, -0.25) is 0 Å². The van der Waals surface area contributed by atoms with E-state index in [-0.39, 0.29) is 5.56 Å². The van der Waals surface area contributed by atoms with Gasteiger partial charge in [0.2, 0.25) is 0 Å². The Morgan fingerprint density at radius 3 is 2.94 bits per heavy atom. The summed E-state index contributed by atoms with van der Waals surface area (Å²) >= 11 is 0. The third-order valence-corrected chi connectivity index (χ3v) is 2.74. The van der Waals surface area contributed by atoms with E-state index in [1.807, 2.05) is 0 Å². The lowest BCUT2D eigenvalue weighted by atomic mass is 10.0. The number of aliphatic hydroxyl groups excluding tert-OH is 1. The molecule has 0 aromatic heterocycles. The second-order valence-electron chi connectivity index (χ2n) is 3.86. The molecule has 1 aliphatic heterocycles. The van der Waals surface area contributed by atoms with Gasteiger partial charge in [-0.1, -0.05) is 6.07 Å². The highest BCUT2D eigenvalue weighted by atomic mass is 19.1. The summed E-state index contributed by atoms with van der Waals surface area (Å²) in [6, 6.07) is 4.45. The number of benzene rings is 1. The highest BCUT2D eigenvalue weighted by molar-refractivity contribution is 5.39. The molecule has 0 bridgehead atoms. The van der Waals surface area contributed by atoms with Gasteiger partial charge in [0.05, 0.1) is 19.3 Å². The molecule has 17 heavy (non-hydrogen) atoms. The third-order valence-electron chi connectivity index (χ3n) is 2.74. The van der Waals surface area contributed by atoms with Crippen LogP contribution in [0.15, 0.2) is 30.0 Å². The first kappa shape index (κ1) is 11.9. The summed E-state index contributed by atoms with van der Waals surface area (Å²) in [5, 5.41) is 10.1. The molecular formula is C13H15FO3. The number of aliphatic hydroxyl groups is 1. The van der Waals surface area contributed by atoms with Gasteiger partial charge in [0.25, 0.3) is 0 Å². The first-order chi connectivity index (χ1) is 8.24. The van der Waals surface area contributed by atoms with Crippen molar-refractivity contribution < 1.29 is 19.0 Å². The van der Waals surface area contributed by atoms with Crippen LogP contribution >= 0.6 is 0 Å². The predicted octanol–water partition coefficient (Wildman–Crippen LogP) is 2.56. The molecule has 1 aromatic carbocycles. The Bertz CT molecular complexity index is 429. The molecule has 0 saturated carbocycles. The Labute approximate surface area is 99.5 Å². The van der Waals surface area contributed by atoms with Crippen molar-refractivity contribution in [2.45, 2.75) is 18.9 Å². The van der Waals surface area contributed by atoms with Gasteiger partial charge in [-0.15, -0.1) is 0 Å². The van der Waals surface area contributed by atoms with Gasteiger partial charge in [-0.25, -0.2) is 4.39 Å². The summed E-state index contributed by atoms with van der Waals surface area (Å²) in [5.74, 6) is 0.235. The van der Waals surface area contributed by atoms with Gasteiger partial charge in [0.1, 0.15) is 23.4 Å². The maximum Gasteiger partial charge on any atom is 0.142 e. The summed E-state index contributed by atoms with van der Waals surface area (Å²) in [6.45, 7) is 0.555. The van der Waals surface area contributed by atoms with Crippen LogP contribution < -0.4 is 4.74 Å². The molecule has 1 N–H and O–H groups in total. The summed E-state index contributed by atoms with van der Waals surface area (Å²) in [5.41, 5.74) is 0.128. The Hall–Kier alpha value is -1.55. The van der Waals surface area contributed by atoms with Gasteiger partial charge in [-0.2, -0.15) is 0 Å². The largest absolute Gasteiger partial charge is 0.496 e. The second kappa shape index (κ2) is 5.19. The molecule has 0 saturated heterocycles. The molecule has 1 aromatic rings. The fourth-order valence-corrected chi connectivity index (χ4v) is 1.87. The maximum absolute atomic E-state index is 13.7. The molecule has 3 nitrogen and oxygen atoms in total. The maximum atomic E-state index is 13.7. The Morgan fingerprint density at radius 1 is 1.47 bits per heavy atom. The molecule has 0 radical (unpaired) electrons. The van der Waals surface area contributed by atoms with Crippen LogP contribution in [0.2, 0.25) is 0 Å². The molecule has 0 amide bonds. The fraction of sp³-hybridized carbons (Fsp3) is 0.385. The van der Waals surface area contributed by atoms with E-state index < -0.39 is 11.9 Å². The minimum absolute atomic E-state index is 0.128. The topological polar surface area (TPSA) is 38.7 Å². The lowest BCUT2D eigenvalue weighted by Gasteiger charge is -2.21. The van der Waals surface area contributed by atoms with E-state index in [1.54, 1.807) is 18.2 Å². The normalized spacial score (nSPS) is 17.0. The van der Waals surface area contributed by atoms with Crippen LogP contribution in [0.4, 0.5) is 4.39 Å². The van der Waals surface area contributed by atoms with Crippen molar-refractivity contribution >= 4 is 0 Å². The number of hydrogen-bond donors (Lipinski definition) is 1. The van der Waals surface area contributed by atoms with Crippen molar-refractivity contribution in [3.05, 3.63) is 41.4 Å². The molecule has 1 heterocycles. The van der Waals surface area contributed by atoms with Crippen LogP contribution in [0.3, 0.4) is 0 Å². The lowest BCUT2D eigenvalue weighted by Crippen LogP contribution is -2.12. The van der Waals surface area contributed by atoms with E-state index in [4.69, 9.17) is 9.47 Å². The van der Waals surface area contributed by atoms with Crippen LogP contribution in [0.25, 0.3) is 0 Å². The molecule has 1 unspecified atom stereocenters. The molecule has 1 aliphatic rings. The van der Waals surface area contributed by atoms with Crippen LogP contribution in [-0.2, 0) is 4.74 Å². The van der Waals surface area contributed by atoms with Crippen LogP contribution in [0, 0.1) is 5.82 Å². The van der Waals surface area contributed by atoms with E-state index in [2.05, 4.69) is 0 Å². The van der Waals surface area contributed by atoms with Gasteiger partial charge >= 0.3 is 0 Å². The molecule has 0 fully saturated rings. The number of hydrogen-bond acceptors (Lipinski definition) is 3. The Balaban J connectivity index is 2.35. The lowest BCUT2D eigenvalue weighted by molar-refractivity contribution is 0.0880. The summed E-state index contributed by atoms with van der Waals surface area (Å²) in [7, 11) is 1.45. The van der Waals surface area contributed by atoms with Crippen molar-refractivity contribution in [1.29, 1.82) is 0 Å². The molecule has 92 valence electrons. The SMILES string of the molecule is COc1cccc(F)c1C(O)C1=CCCCO1. The molecule has 4 heteroatoms. The van der Waals surface area contributed by atoms with E-state index in [0.29, 0.717) is 18.1 Å². The number of ether oxygens (including phenoxy) is 2. The van der Waals surface area contributed by atoms with Crippen LogP contribution in [-0.4, -0.2) is 18.8 Å². The van der Waals surface area contributed by atoms with Gasteiger partial charge in [-0.05, 0) is 31.1 Å². The van der Waals surface area contributed by atoms with E-state index in [0.717, 1.165) is 12.8 Å². The Kier molecular flexibility index (Phi) is 3.64. The molecule has 1 atom stereocenters. The number of halogens is 1. The summed E-state index contributed by atoms with van der Waals surface area (Å²) in [6.07, 6.45) is 2.44. The Morgan fingerprint density at radius 2 is 2.29 bits per heavy atom. The fourth-order valence-electron chi connectivity index (χ4n) is 1.87. The van der Waals surface area contributed by atoms with Gasteiger partial charge in [0, 0.05) is 0 Å². The standard InChI is InChI=1S/C13H15FO3/c1-16-10-7-4-5-9(14)12(10)13(15)11-6-2-3-8-17-11/h4-7,13,15H,2-3,8H2,1H3. The molecule has 2 rings (SSSR count). The van der Waals surface area contributed by atoms with Crippen molar-refractivity contribution in [2.75, 3.05) is 13.7 Å². The van der Waals surface area contributed by atoms with Crippen LogP contribution in [0.1, 0.15) is 24.5 Å². The monoisotopic (exact) mass is 238 g/mol. The quantitative estimate of drug-likeness (QED) is 0.879. The van der Waals surface area contributed by atoms with E-state index >= 15 is 0 Å². The molecular weight excluding hydrogens is 223 g/mol. The average Bonchev–Trinajstić information content (AvgIpc) is 2.38. The average molecular weight is 238 g/mol. The zero-order valence-electron chi connectivity index (χ0n) is 9.65. The van der Waals surface area contributed by atoms with E-state index in [9.17, 15) is 9.50 Å². The first-order valence-corrected chi connectivity index (χ1v) is 5.57. The number of methoxy groups -OCH3 is 1. The van der Waals surface area contributed by atoms with Crippen molar-refractivity contribution in [3.63, 3.8) is 0 Å². The smallest absolute Gasteiger partial charge is 0.142 e. The molecule has 0 spiro atoms. The minimum atomic E-state index is -1.11. The number of rotatable bonds is 3. The molecule has 0 aliphatic carbocycles. The van der Waals surface area contributed by atoms with Crippen molar-refractivity contribution in [3.8, 4) is 5.75 Å². The number of allylic oxidation sites excluding steroid dienone is 1. The van der Waals surface area contributed by atoms with Gasteiger partial charge < -0.3 is 14.6 Å². The summed E-state index contributed by atoms with van der Waals surface area (Å²) in [4.78, 5) is 0. The predicted molar refractivity (Wildman–Crippen MR) is 61.2 cm³/mol. The zero-order valence-corrected chi connectivity index (χ0v) is 9.65. The van der Waals surface area contributed by atoms with Crippen LogP contribution in [0.5, 0.6) is 5.75 Å². The highest BCUT2D eigenvalue weighted by Gasteiger charge is 2.24. The highest BCUT2D eigenvalue weighted by Crippen LogP contribution is 2.33. The van der Waals surface area contributed by atoms with Crippen molar-refractivity contribution in [2.24, 2.45) is 0 Å². The van der Waals surface area contributed by atoms with Gasteiger partial charge in [0.15, 0.2) is 0 Å². The van der Waals surface area contributed by atoms with E-state index in [1.165, 1.54) is 13.2 Å². The third kappa shape index (κ3) is 2.42. The minimum Gasteiger partial charge on any atom is -0.496 e. The zero-order chi connectivity index (χ0) is 12.3. The van der Waals surface area contributed by atoms with Crippen molar-refractivity contribution in [1.82, 2.24) is 0 Å². The summed E-state index contributed by atoms with van der Waals surface area (Å²) < 4.78 is 24.1. The second-order valence-corrected chi connectivity index (χ2v) is 3.86.